The minimum Gasteiger partial charge on any atom is -0.508 e. The molecule has 0 aliphatic carbocycles. The number of benzene rings is 1. The molecule has 1 fully saturated rings. The van der Waals surface area contributed by atoms with E-state index in [0.29, 0.717) is 13.0 Å². The Bertz CT molecular complexity index is 698. The number of nitrogens with zero attached hydrogens (tertiary/aromatic N) is 2. The molecule has 0 bridgehead atoms. The van der Waals surface area contributed by atoms with Crippen LogP contribution in [-0.4, -0.2) is 35.6 Å². The van der Waals surface area contributed by atoms with Crippen LogP contribution in [0, 0.1) is 5.82 Å². The van der Waals surface area contributed by atoms with Crippen molar-refractivity contribution in [3.05, 3.63) is 40.7 Å². The van der Waals surface area contributed by atoms with E-state index in [1.165, 1.54) is 25.0 Å². The first-order chi connectivity index (χ1) is 11.1. The number of rotatable bonds is 5. The maximum atomic E-state index is 13.6. The number of carbonyl (C=O) groups excluding carboxylic acids is 1. The summed E-state index contributed by atoms with van der Waals surface area (Å²) in [6, 6.07) is 3.49. The molecule has 1 saturated heterocycles. The summed E-state index contributed by atoms with van der Waals surface area (Å²) in [5, 5.41) is 14.9. The second-order valence-electron chi connectivity index (χ2n) is 5.49. The number of halogens is 1. The second-order valence-corrected chi connectivity index (χ2v) is 6.32. The summed E-state index contributed by atoms with van der Waals surface area (Å²) < 4.78 is 13.6. The van der Waals surface area contributed by atoms with Crippen molar-refractivity contribution in [2.45, 2.75) is 19.3 Å². The Balaban J connectivity index is 1.52. The molecular weight excluding hydrogens is 317 g/mol. The van der Waals surface area contributed by atoms with Crippen molar-refractivity contribution >= 4 is 22.4 Å². The number of hydrogen-bond acceptors (Lipinski definition) is 5. The quantitative estimate of drug-likeness (QED) is 0.881. The molecule has 0 unspecified atom stereocenters. The van der Waals surface area contributed by atoms with Crippen LogP contribution < -0.4 is 10.2 Å². The highest BCUT2D eigenvalue weighted by atomic mass is 32.1. The molecule has 0 saturated carbocycles. The largest absolute Gasteiger partial charge is 0.508 e. The van der Waals surface area contributed by atoms with E-state index in [1.807, 2.05) is 5.38 Å². The van der Waals surface area contributed by atoms with Crippen molar-refractivity contribution in [3.8, 4) is 5.75 Å². The van der Waals surface area contributed by atoms with Crippen LogP contribution in [0.5, 0.6) is 5.75 Å². The summed E-state index contributed by atoms with van der Waals surface area (Å²) in [5.41, 5.74) is 0.863. The molecule has 2 N–H and O–H groups in total. The number of anilines is 1. The van der Waals surface area contributed by atoms with Gasteiger partial charge in [0.25, 0.3) is 5.91 Å². The van der Waals surface area contributed by atoms with E-state index >= 15 is 0 Å². The fourth-order valence-corrected chi connectivity index (χ4v) is 3.47. The van der Waals surface area contributed by atoms with Gasteiger partial charge in [-0.2, -0.15) is 0 Å². The van der Waals surface area contributed by atoms with Gasteiger partial charge in [-0.15, -0.1) is 11.3 Å². The van der Waals surface area contributed by atoms with E-state index in [0.717, 1.165) is 30.0 Å². The molecule has 0 atom stereocenters. The van der Waals surface area contributed by atoms with Gasteiger partial charge in [0, 0.05) is 37.5 Å². The molecule has 0 spiro atoms. The summed E-state index contributed by atoms with van der Waals surface area (Å²) in [5.74, 6) is -1.42. The van der Waals surface area contributed by atoms with Crippen molar-refractivity contribution in [1.29, 1.82) is 0 Å². The predicted molar refractivity (Wildman–Crippen MR) is 87.7 cm³/mol. The van der Waals surface area contributed by atoms with Crippen molar-refractivity contribution in [1.82, 2.24) is 10.3 Å². The van der Waals surface area contributed by atoms with Crippen molar-refractivity contribution in [2.75, 3.05) is 24.5 Å². The second kappa shape index (κ2) is 6.95. The SMILES string of the molecule is O=C(NCCc1csc(N2CCCC2)n1)c1ccc(O)cc1F. The first kappa shape index (κ1) is 15.7. The molecule has 2 aromatic rings. The number of phenolic OH excluding ortho intramolecular Hbond substituents is 1. The molecule has 7 heteroatoms. The summed E-state index contributed by atoms with van der Waals surface area (Å²) in [6.45, 7) is 2.51. The molecule has 5 nitrogen and oxygen atoms in total. The van der Waals surface area contributed by atoms with E-state index in [1.54, 1.807) is 11.3 Å². The van der Waals surface area contributed by atoms with Crippen molar-refractivity contribution < 1.29 is 14.3 Å². The first-order valence-corrected chi connectivity index (χ1v) is 8.47. The average Bonchev–Trinajstić information content (AvgIpc) is 3.18. The van der Waals surface area contributed by atoms with Crippen LogP contribution in [0.2, 0.25) is 0 Å². The number of thiazole rings is 1. The number of carbonyl (C=O) groups is 1. The number of aromatic hydroxyl groups is 1. The summed E-state index contributed by atoms with van der Waals surface area (Å²) in [7, 11) is 0. The van der Waals surface area contributed by atoms with Gasteiger partial charge in [0.05, 0.1) is 11.3 Å². The van der Waals surface area contributed by atoms with Crippen molar-refractivity contribution in [3.63, 3.8) is 0 Å². The standard InChI is InChI=1S/C16H18FN3O2S/c17-14-9-12(21)3-4-13(14)15(22)18-6-5-11-10-23-16(19-11)20-7-1-2-8-20/h3-4,9-10,21H,1-2,5-8H2,(H,18,22). The predicted octanol–water partition coefficient (Wildman–Crippen LogP) is 2.56. The van der Waals surface area contributed by atoms with Crippen LogP contribution in [0.3, 0.4) is 0 Å². The zero-order chi connectivity index (χ0) is 16.2. The molecular formula is C16H18FN3O2S. The average molecular weight is 335 g/mol. The lowest BCUT2D eigenvalue weighted by molar-refractivity contribution is 0.0950. The molecule has 23 heavy (non-hydrogen) atoms. The lowest BCUT2D eigenvalue weighted by Crippen LogP contribution is -2.26. The summed E-state index contributed by atoms with van der Waals surface area (Å²) in [6.07, 6.45) is 3.03. The van der Waals surface area contributed by atoms with Crippen LogP contribution in [-0.2, 0) is 6.42 Å². The number of phenols is 1. The Labute approximate surface area is 137 Å². The molecule has 122 valence electrons. The van der Waals surface area contributed by atoms with Crippen molar-refractivity contribution in [2.24, 2.45) is 0 Å². The molecule has 1 amide bonds. The van der Waals surface area contributed by atoms with Crippen LogP contribution in [0.1, 0.15) is 28.9 Å². The number of amides is 1. The maximum Gasteiger partial charge on any atom is 0.254 e. The molecule has 0 radical (unpaired) electrons. The molecule has 1 aromatic heterocycles. The van der Waals surface area contributed by atoms with Gasteiger partial charge in [-0.25, -0.2) is 9.37 Å². The van der Waals surface area contributed by atoms with E-state index in [2.05, 4.69) is 15.2 Å². The Morgan fingerprint density at radius 1 is 1.39 bits per heavy atom. The highest BCUT2D eigenvalue weighted by Crippen LogP contribution is 2.24. The highest BCUT2D eigenvalue weighted by molar-refractivity contribution is 7.13. The normalized spacial score (nSPS) is 14.2. The lowest BCUT2D eigenvalue weighted by Gasteiger charge is -2.12. The Morgan fingerprint density at radius 2 is 2.17 bits per heavy atom. The van der Waals surface area contributed by atoms with Gasteiger partial charge in [-0.05, 0) is 25.0 Å². The van der Waals surface area contributed by atoms with Gasteiger partial charge >= 0.3 is 0 Å². The van der Waals surface area contributed by atoms with E-state index in [9.17, 15) is 9.18 Å². The fraction of sp³-hybridized carbons (Fsp3) is 0.375. The Hall–Kier alpha value is -2.15. The monoisotopic (exact) mass is 335 g/mol. The zero-order valence-electron chi connectivity index (χ0n) is 12.6. The highest BCUT2D eigenvalue weighted by Gasteiger charge is 2.16. The third kappa shape index (κ3) is 3.79. The smallest absolute Gasteiger partial charge is 0.254 e. The lowest BCUT2D eigenvalue weighted by atomic mass is 10.2. The van der Waals surface area contributed by atoms with E-state index < -0.39 is 11.7 Å². The van der Waals surface area contributed by atoms with Gasteiger partial charge in [0.15, 0.2) is 5.13 Å². The van der Waals surface area contributed by atoms with Gasteiger partial charge in [0.2, 0.25) is 0 Å². The third-order valence-electron chi connectivity index (χ3n) is 3.78. The first-order valence-electron chi connectivity index (χ1n) is 7.59. The maximum absolute atomic E-state index is 13.6. The molecule has 3 rings (SSSR count). The van der Waals surface area contributed by atoms with Crippen LogP contribution >= 0.6 is 11.3 Å². The van der Waals surface area contributed by atoms with Crippen LogP contribution in [0.25, 0.3) is 0 Å². The van der Waals surface area contributed by atoms with Gasteiger partial charge in [0.1, 0.15) is 11.6 Å². The van der Waals surface area contributed by atoms with Gasteiger partial charge in [-0.1, -0.05) is 0 Å². The number of hydrogen-bond donors (Lipinski definition) is 2. The van der Waals surface area contributed by atoms with Crippen LogP contribution in [0.15, 0.2) is 23.6 Å². The van der Waals surface area contributed by atoms with Gasteiger partial charge in [-0.3, -0.25) is 4.79 Å². The molecule has 1 aliphatic heterocycles. The minimum atomic E-state index is -0.729. The van der Waals surface area contributed by atoms with Gasteiger partial charge < -0.3 is 15.3 Å². The van der Waals surface area contributed by atoms with Crippen LogP contribution in [0.4, 0.5) is 9.52 Å². The Kier molecular flexibility index (Phi) is 4.76. The molecule has 1 aromatic carbocycles. The van der Waals surface area contributed by atoms with E-state index in [-0.39, 0.29) is 11.3 Å². The number of aromatic nitrogens is 1. The topological polar surface area (TPSA) is 65.5 Å². The molecule has 2 heterocycles. The molecule has 1 aliphatic rings. The van der Waals surface area contributed by atoms with E-state index in [4.69, 9.17) is 5.11 Å². The summed E-state index contributed by atoms with van der Waals surface area (Å²) in [4.78, 5) is 18.8. The number of nitrogens with one attached hydrogen (secondary N) is 1. The fourth-order valence-electron chi connectivity index (χ4n) is 2.55. The minimum absolute atomic E-state index is 0.0705. The third-order valence-corrected chi connectivity index (χ3v) is 4.73. The zero-order valence-corrected chi connectivity index (χ0v) is 13.4. The Morgan fingerprint density at radius 3 is 2.91 bits per heavy atom. The summed E-state index contributed by atoms with van der Waals surface area (Å²) >= 11 is 1.62.